The third-order valence-electron chi connectivity index (χ3n) is 4.50. The molecule has 0 spiro atoms. The first-order valence-electron chi connectivity index (χ1n) is 7.70. The van der Waals surface area contributed by atoms with E-state index in [9.17, 15) is 5.11 Å². The van der Waals surface area contributed by atoms with Crippen LogP contribution < -0.4 is 0 Å². The van der Waals surface area contributed by atoms with Gasteiger partial charge in [-0.05, 0) is 42.2 Å². The minimum absolute atomic E-state index is 0.196. The molecule has 0 saturated heterocycles. The highest BCUT2D eigenvalue weighted by atomic mass is 32.1. The molecule has 3 atom stereocenters. The van der Waals surface area contributed by atoms with Crippen LogP contribution in [0.3, 0.4) is 0 Å². The summed E-state index contributed by atoms with van der Waals surface area (Å²) in [6.45, 7) is 9.00. The summed E-state index contributed by atoms with van der Waals surface area (Å²) in [6.07, 6.45) is 6.08. The van der Waals surface area contributed by atoms with Crippen LogP contribution >= 0.6 is 11.3 Å². The molecule has 108 valence electrons. The zero-order valence-electron chi connectivity index (χ0n) is 12.8. The van der Waals surface area contributed by atoms with E-state index < -0.39 is 0 Å². The van der Waals surface area contributed by atoms with Gasteiger partial charge in [-0.25, -0.2) is 0 Å². The molecule has 0 aromatic carbocycles. The summed E-state index contributed by atoms with van der Waals surface area (Å²) in [5.74, 6) is 1.31. The van der Waals surface area contributed by atoms with E-state index in [2.05, 4.69) is 39.8 Å². The molecule has 1 aliphatic carbocycles. The van der Waals surface area contributed by atoms with Crippen molar-refractivity contribution in [1.29, 1.82) is 0 Å². The second-order valence-electron chi connectivity index (χ2n) is 7.10. The van der Waals surface area contributed by atoms with E-state index in [0.717, 1.165) is 5.92 Å². The fourth-order valence-electron chi connectivity index (χ4n) is 3.14. The Kier molecular flexibility index (Phi) is 4.73. The topological polar surface area (TPSA) is 20.2 Å². The molecule has 1 aromatic heterocycles. The third kappa shape index (κ3) is 3.61. The van der Waals surface area contributed by atoms with E-state index in [1.54, 1.807) is 11.3 Å². The lowest BCUT2D eigenvalue weighted by molar-refractivity contribution is 0.0705. The van der Waals surface area contributed by atoms with Gasteiger partial charge in [0.1, 0.15) is 0 Å². The van der Waals surface area contributed by atoms with E-state index >= 15 is 0 Å². The highest BCUT2D eigenvalue weighted by Gasteiger charge is 2.29. The largest absolute Gasteiger partial charge is 0.387 e. The number of aliphatic hydroxyl groups is 1. The minimum Gasteiger partial charge on any atom is -0.387 e. The molecule has 1 N–H and O–H groups in total. The fourth-order valence-corrected chi connectivity index (χ4v) is 4.28. The SMILES string of the molecule is CCC1CCCC(C(O)c2ccc(C(C)(C)C)s2)C1. The minimum atomic E-state index is -0.240. The molecular weight excluding hydrogens is 252 g/mol. The molecular formula is C17H28OS. The van der Waals surface area contributed by atoms with E-state index in [1.807, 2.05) is 0 Å². The van der Waals surface area contributed by atoms with Gasteiger partial charge in [-0.3, -0.25) is 0 Å². The Morgan fingerprint density at radius 3 is 2.63 bits per heavy atom. The van der Waals surface area contributed by atoms with Crippen LogP contribution in [0.15, 0.2) is 12.1 Å². The van der Waals surface area contributed by atoms with Crippen LogP contribution in [-0.2, 0) is 5.41 Å². The van der Waals surface area contributed by atoms with Crippen LogP contribution in [0.2, 0.25) is 0 Å². The second kappa shape index (κ2) is 5.97. The van der Waals surface area contributed by atoms with Gasteiger partial charge < -0.3 is 5.11 Å². The van der Waals surface area contributed by atoms with Crippen LogP contribution in [0.4, 0.5) is 0 Å². The maximum absolute atomic E-state index is 10.6. The van der Waals surface area contributed by atoms with Crippen LogP contribution in [0.25, 0.3) is 0 Å². The molecule has 2 heteroatoms. The normalized spacial score (nSPS) is 26.4. The summed E-state index contributed by atoms with van der Waals surface area (Å²) < 4.78 is 0. The molecule has 19 heavy (non-hydrogen) atoms. The van der Waals surface area contributed by atoms with Gasteiger partial charge >= 0.3 is 0 Å². The smallest absolute Gasteiger partial charge is 0.0910 e. The van der Waals surface area contributed by atoms with Crippen molar-refractivity contribution in [2.24, 2.45) is 11.8 Å². The molecule has 1 fully saturated rings. The lowest BCUT2D eigenvalue weighted by atomic mass is 9.77. The van der Waals surface area contributed by atoms with Crippen molar-refractivity contribution in [2.45, 2.75) is 71.3 Å². The number of thiophene rings is 1. The quantitative estimate of drug-likeness (QED) is 0.797. The Hall–Kier alpha value is -0.340. The molecule has 1 heterocycles. The van der Waals surface area contributed by atoms with Crippen LogP contribution in [0.5, 0.6) is 0 Å². The Morgan fingerprint density at radius 2 is 2.05 bits per heavy atom. The predicted octanol–water partition coefficient (Wildman–Crippen LogP) is 5.30. The van der Waals surface area contributed by atoms with Crippen LogP contribution in [0, 0.1) is 11.8 Å². The van der Waals surface area contributed by atoms with Crippen molar-refractivity contribution in [2.75, 3.05) is 0 Å². The number of aliphatic hydroxyl groups excluding tert-OH is 1. The molecule has 1 aliphatic rings. The molecule has 3 unspecified atom stereocenters. The zero-order valence-corrected chi connectivity index (χ0v) is 13.6. The second-order valence-corrected chi connectivity index (χ2v) is 8.21. The maximum atomic E-state index is 10.6. The molecule has 0 bridgehead atoms. The van der Waals surface area contributed by atoms with Crippen molar-refractivity contribution in [3.8, 4) is 0 Å². The third-order valence-corrected chi connectivity index (χ3v) is 6.09. The van der Waals surface area contributed by atoms with Crippen molar-refractivity contribution in [3.05, 3.63) is 21.9 Å². The maximum Gasteiger partial charge on any atom is 0.0910 e. The standard InChI is InChI=1S/C17H28OS/c1-5-12-7-6-8-13(11-12)16(18)14-9-10-15(19-14)17(2,3)4/h9-10,12-13,16,18H,5-8,11H2,1-4H3. The van der Waals surface area contributed by atoms with Gasteiger partial charge in [-0.2, -0.15) is 0 Å². The summed E-state index contributed by atoms with van der Waals surface area (Å²) in [5.41, 5.74) is 0.196. The molecule has 0 radical (unpaired) electrons. The van der Waals surface area contributed by atoms with E-state index in [-0.39, 0.29) is 11.5 Å². The summed E-state index contributed by atoms with van der Waals surface area (Å²) >= 11 is 1.80. The van der Waals surface area contributed by atoms with E-state index in [0.29, 0.717) is 5.92 Å². The van der Waals surface area contributed by atoms with Crippen molar-refractivity contribution in [3.63, 3.8) is 0 Å². The van der Waals surface area contributed by atoms with Gasteiger partial charge in [0.05, 0.1) is 6.10 Å². The van der Waals surface area contributed by atoms with Crippen molar-refractivity contribution < 1.29 is 5.11 Å². The van der Waals surface area contributed by atoms with Crippen molar-refractivity contribution in [1.82, 2.24) is 0 Å². The Labute approximate surface area is 122 Å². The van der Waals surface area contributed by atoms with Gasteiger partial charge in [-0.1, -0.05) is 47.0 Å². The molecule has 0 amide bonds. The van der Waals surface area contributed by atoms with Gasteiger partial charge in [-0.15, -0.1) is 11.3 Å². The van der Waals surface area contributed by atoms with E-state index in [4.69, 9.17) is 0 Å². The number of hydrogen-bond acceptors (Lipinski definition) is 2. The highest BCUT2D eigenvalue weighted by molar-refractivity contribution is 7.12. The average Bonchev–Trinajstić information content (AvgIpc) is 2.87. The first-order valence-corrected chi connectivity index (χ1v) is 8.51. The summed E-state index contributed by atoms with van der Waals surface area (Å²) in [4.78, 5) is 2.55. The molecule has 1 saturated carbocycles. The van der Waals surface area contributed by atoms with Gasteiger partial charge in [0.15, 0.2) is 0 Å². The first-order chi connectivity index (χ1) is 8.91. The Balaban J connectivity index is 2.06. The molecule has 2 rings (SSSR count). The first kappa shape index (κ1) is 15.1. The fraction of sp³-hybridized carbons (Fsp3) is 0.765. The monoisotopic (exact) mass is 280 g/mol. The lowest BCUT2D eigenvalue weighted by Crippen LogP contribution is -2.20. The van der Waals surface area contributed by atoms with Gasteiger partial charge in [0.2, 0.25) is 0 Å². The molecule has 1 nitrogen and oxygen atoms in total. The zero-order chi connectivity index (χ0) is 14.0. The highest BCUT2D eigenvalue weighted by Crippen LogP contribution is 2.41. The molecule has 1 aromatic rings. The average molecular weight is 280 g/mol. The molecule has 0 aliphatic heterocycles. The van der Waals surface area contributed by atoms with Gasteiger partial charge in [0, 0.05) is 9.75 Å². The predicted molar refractivity (Wildman–Crippen MR) is 83.7 cm³/mol. The number of hydrogen-bond donors (Lipinski definition) is 1. The Morgan fingerprint density at radius 1 is 1.32 bits per heavy atom. The Bertz CT molecular complexity index is 402. The van der Waals surface area contributed by atoms with Crippen LogP contribution in [-0.4, -0.2) is 5.11 Å². The number of rotatable bonds is 3. The van der Waals surface area contributed by atoms with E-state index in [1.165, 1.54) is 41.9 Å². The summed E-state index contributed by atoms with van der Waals surface area (Å²) in [7, 11) is 0. The summed E-state index contributed by atoms with van der Waals surface area (Å²) in [6, 6.07) is 4.34. The van der Waals surface area contributed by atoms with Crippen LogP contribution in [0.1, 0.15) is 75.7 Å². The lowest BCUT2D eigenvalue weighted by Gasteiger charge is -2.31. The van der Waals surface area contributed by atoms with Gasteiger partial charge in [0.25, 0.3) is 0 Å². The summed E-state index contributed by atoms with van der Waals surface area (Å²) in [5, 5.41) is 10.6. The van der Waals surface area contributed by atoms with Crippen molar-refractivity contribution >= 4 is 11.3 Å².